The molecule has 0 aromatic heterocycles. The number of hydrogen-bond acceptors (Lipinski definition) is 2. The van der Waals surface area contributed by atoms with Gasteiger partial charge in [0.05, 0.1) is 5.56 Å². The summed E-state index contributed by atoms with van der Waals surface area (Å²) in [6, 6.07) is -0.687. The first kappa shape index (κ1) is 13.6. The zero-order chi connectivity index (χ0) is 13.4. The van der Waals surface area contributed by atoms with Gasteiger partial charge >= 0.3 is 12.4 Å². The minimum Gasteiger partial charge on any atom is -0.399 e. The highest BCUT2D eigenvalue weighted by Gasteiger charge is 2.43. The van der Waals surface area contributed by atoms with Crippen molar-refractivity contribution in [1.82, 2.24) is 0 Å². The fourth-order valence-corrected chi connectivity index (χ4v) is 1.27. The summed E-state index contributed by atoms with van der Waals surface area (Å²) in [5, 5.41) is 0. The molecule has 0 aliphatic heterocycles. The van der Waals surface area contributed by atoms with Gasteiger partial charge in [-0.05, 0) is 17.7 Å². The molecule has 96 valence electrons. The number of hydrogen-bond donors (Lipinski definition) is 2. The predicted molar refractivity (Wildman–Crippen MR) is 48.8 cm³/mol. The summed E-state index contributed by atoms with van der Waals surface area (Å²) in [5.41, 5.74) is 7.07. The minimum absolute atomic E-state index is 0.282. The van der Waals surface area contributed by atoms with Gasteiger partial charge in [0.2, 0.25) is 0 Å². The van der Waals surface area contributed by atoms with E-state index in [0.717, 1.165) is 6.07 Å². The molecule has 0 aliphatic carbocycles. The first-order valence-electron chi connectivity index (χ1n) is 4.32. The largest absolute Gasteiger partial charge is 0.416 e. The van der Waals surface area contributed by atoms with Crippen molar-refractivity contribution >= 4 is 5.69 Å². The molecule has 0 saturated heterocycles. The van der Waals surface area contributed by atoms with Gasteiger partial charge < -0.3 is 11.5 Å². The second-order valence-electron chi connectivity index (χ2n) is 3.36. The first-order chi connectivity index (χ1) is 7.53. The molecule has 8 heteroatoms. The van der Waals surface area contributed by atoms with Crippen molar-refractivity contribution in [2.45, 2.75) is 18.4 Å². The van der Waals surface area contributed by atoms with E-state index >= 15 is 0 Å². The molecule has 1 aromatic carbocycles. The average Bonchev–Trinajstić information content (AvgIpc) is 2.14. The van der Waals surface area contributed by atoms with Gasteiger partial charge in [-0.1, -0.05) is 6.07 Å². The molecule has 0 unspecified atom stereocenters. The van der Waals surface area contributed by atoms with Crippen LogP contribution >= 0.6 is 0 Å². The number of rotatable bonds is 1. The lowest BCUT2D eigenvalue weighted by molar-refractivity contribution is -0.155. The molecule has 0 saturated carbocycles. The zero-order valence-electron chi connectivity index (χ0n) is 8.23. The van der Waals surface area contributed by atoms with E-state index < -0.39 is 29.5 Å². The van der Waals surface area contributed by atoms with Gasteiger partial charge in [0.25, 0.3) is 0 Å². The lowest BCUT2D eigenvalue weighted by atomic mass is 9.99. The summed E-state index contributed by atoms with van der Waals surface area (Å²) in [6.45, 7) is 0. The van der Waals surface area contributed by atoms with E-state index in [2.05, 4.69) is 0 Å². The summed E-state index contributed by atoms with van der Waals surface area (Å²) in [6.07, 6.45) is -9.89. The maximum atomic E-state index is 12.5. The van der Waals surface area contributed by atoms with Crippen LogP contribution in [-0.4, -0.2) is 6.18 Å². The van der Waals surface area contributed by atoms with Gasteiger partial charge in [-0.2, -0.15) is 26.3 Å². The zero-order valence-corrected chi connectivity index (χ0v) is 8.23. The minimum atomic E-state index is -4.95. The van der Waals surface area contributed by atoms with Crippen LogP contribution in [-0.2, 0) is 6.18 Å². The monoisotopic (exact) mass is 258 g/mol. The Kier molecular flexibility index (Phi) is 3.28. The Bertz CT molecular complexity index is 409. The molecule has 1 aromatic rings. The summed E-state index contributed by atoms with van der Waals surface area (Å²) in [7, 11) is 0. The van der Waals surface area contributed by atoms with Crippen molar-refractivity contribution in [3.63, 3.8) is 0 Å². The molecule has 0 fully saturated rings. The van der Waals surface area contributed by atoms with Crippen molar-refractivity contribution < 1.29 is 26.3 Å². The third kappa shape index (κ3) is 3.02. The molecule has 1 atom stereocenters. The van der Waals surface area contributed by atoms with Crippen molar-refractivity contribution in [2.24, 2.45) is 5.73 Å². The lowest BCUT2D eigenvalue weighted by Gasteiger charge is -2.20. The van der Waals surface area contributed by atoms with Crippen LogP contribution in [0.25, 0.3) is 0 Å². The fourth-order valence-electron chi connectivity index (χ4n) is 1.27. The van der Waals surface area contributed by atoms with Crippen LogP contribution in [0.5, 0.6) is 0 Å². The average molecular weight is 258 g/mol. The van der Waals surface area contributed by atoms with Crippen LogP contribution < -0.4 is 11.5 Å². The van der Waals surface area contributed by atoms with Crippen molar-refractivity contribution in [1.29, 1.82) is 0 Å². The third-order valence-corrected chi connectivity index (χ3v) is 2.07. The Morgan fingerprint density at radius 2 is 1.53 bits per heavy atom. The highest BCUT2D eigenvalue weighted by atomic mass is 19.4. The summed E-state index contributed by atoms with van der Waals surface area (Å²) < 4.78 is 74.3. The van der Waals surface area contributed by atoms with Gasteiger partial charge in [0.1, 0.15) is 6.04 Å². The SMILES string of the molecule is Nc1ccc([C@@H](N)C(F)(F)F)c(C(F)(F)F)c1. The van der Waals surface area contributed by atoms with Gasteiger partial charge in [-0.3, -0.25) is 0 Å². The number of nitrogens with two attached hydrogens (primary N) is 2. The Balaban J connectivity index is 3.34. The lowest BCUT2D eigenvalue weighted by Crippen LogP contribution is -2.30. The maximum Gasteiger partial charge on any atom is 0.416 e. The second-order valence-corrected chi connectivity index (χ2v) is 3.36. The van der Waals surface area contributed by atoms with Crippen LogP contribution in [0.15, 0.2) is 18.2 Å². The molecule has 2 nitrogen and oxygen atoms in total. The summed E-state index contributed by atoms with van der Waals surface area (Å²) >= 11 is 0. The van der Waals surface area contributed by atoms with Crippen molar-refractivity contribution in [3.8, 4) is 0 Å². The van der Waals surface area contributed by atoms with Crippen LogP contribution in [0, 0.1) is 0 Å². The number of halogens is 6. The second kappa shape index (κ2) is 4.10. The molecule has 0 spiro atoms. The highest BCUT2D eigenvalue weighted by molar-refractivity contribution is 5.47. The van der Waals surface area contributed by atoms with Crippen LogP contribution in [0.3, 0.4) is 0 Å². The van der Waals surface area contributed by atoms with Gasteiger partial charge in [0, 0.05) is 5.69 Å². The van der Waals surface area contributed by atoms with E-state index in [1.165, 1.54) is 0 Å². The van der Waals surface area contributed by atoms with E-state index in [9.17, 15) is 26.3 Å². The number of alkyl halides is 6. The Hall–Kier alpha value is -1.44. The number of nitrogen functional groups attached to an aromatic ring is 1. The normalized spacial score (nSPS) is 14.8. The Morgan fingerprint density at radius 1 is 1.00 bits per heavy atom. The van der Waals surface area contributed by atoms with E-state index in [4.69, 9.17) is 11.5 Å². The molecule has 4 N–H and O–H groups in total. The Labute approximate surface area is 92.2 Å². The fraction of sp³-hybridized carbons (Fsp3) is 0.333. The van der Waals surface area contributed by atoms with Crippen molar-refractivity contribution in [3.05, 3.63) is 29.3 Å². The molecule has 0 bridgehead atoms. The smallest absolute Gasteiger partial charge is 0.399 e. The molecule has 0 amide bonds. The van der Waals surface area contributed by atoms with E-state index in [1.54, 1.807) is 0 Å². The summed E-state index contributed by atoms with van der Waals surface area (Å²) in [5.74, 6) is 0. The molecule has 0 radical (unpaired) electrons. The molecular formula is C9H8F6N2. The summed E-state index contributed by atoms with van der Waals surface area (Å²) in [4.78, 5) is 0. The molecular weight excluding hydrogens is 250 g/mol. The number of benzene rings is 1. The van der Waals surface area contributed by atoms with E-state index in [0.29, 0.717) is 12.1 Å². The van der Waals surface area contributed by atoms with Crippen LogP contribution in [0.1, 0.15) is 17.2 Å². The number of anilines is 1. The molecule has 17 heavy (non-hydrogen) atoms. The maximum absolute atomic E-state index is 12.5. The van der Waals surface area contributed by atoms with Gasteiger partial charge in [0.15, 0.2) is 0 Å². The Morgan fingerprint density at radius 3 is 1.94 bits per heavy atom. The quantitative estimate of drug-likeness (QED) is 0.601. The van der Waals surface area contributed by atoms with Crippen LogP contribution in [0.4, 0.5) is 32.0 Å². The predicted octanol–water partition coefficient (Wildman–Crippen LogP) is 2.85. The first-order valence-corrected chi connectivity index (χ1v) is 4.32. The third-order valence-electron chi connectivity index (χ3n) is 2.07. The van der Waals surface area contributed by atoms with Crippen LogP contribution in [0.2, 0.25) is 0 Å². The standard InChI is InChI=1S/C9H8F6N2/c10-8(11,12)6-3-4(16)1-2-5(6)7(17)9(13,14)15/h1-3,7H,16-17H2/t7-/m1/s1. The topological polar surface area (TPSA) is 52.0 Å². The molecule has 0 aliphatic rings. The van der Waals surface area contributed by atoms with E-state index in [1.807, 2.05) is 0 Å². The van der Waals surface area contributed by atoms with E-state index in [-0.39, 0.29) is 5.69 Å². The molecule has 0 heterocycles. The van der Waals surface area contributed by atoms with Gasteiger partial charge in [-0.15, -0.1) is 0 Å². The highest BCUT2D eigenvalue weighted by Crippen LogP contribution is 2.39. The van der Waals surface area contributed by atoms with Gasteiger partial charge in [-0.25, -0.2) is 0 Å². The van der Waals surface area contributed by atoms with Crippen molar-refractivity contribution in [2.75, 3.05) is 5.73 Å². The molecule has 1 rings (SSSR count).